The minimum absolute atomic E-state index is 0.491. The van der Waals surface area contributed by atoms with Crippen LogP contribution in [0.5, 0.6) is 5.75 Å². The molecule has 2 aromatic carbocycles. The standard InChI is InChI=1S/C17H18ClNO2/c18-15-8-13-6-7-21-17(13)14(9-15)10-19-11-16(20)12-4-2-1-3-5-12/h1-5,8-9,16,19-20H,6-7,10-11H2. The van der Waals surface area contributed by atoms with E-state index in [1.54, 1.807) is 0 Å². The van der Waals surface area contributed by atoms with Gasteiger partial charge in [-0.15, -0.1) is 0 Å². The summed E-state index contributed by atoms with van der Waals surface area (Å²) in [6.07, 6.45) is 0.398. The fourth-order valence-electron chi connectivity index (χ4n) is 2.61. The molecule has 1 unspecified atom stereocenters. The summed E-state index contributed by atoms with van der Waals surface area (Å²) in [4.78, 5) is 0. The summed E-state index contributed by atoms with van der Waals surface area (Å²) >= 11 is 6.13. The third-order valence-corrected chi connectivity index (χ3v) is 3.88. The second-order valence-electron chi connectivity index (χ2n) is 5.21. The zero-order chi connectivity index (χ0) is 14.7. The molecule has 2 aromatic rings. The maximum absolute atomic E-state index is 10.1. The Morgan fingerprint density at radius 3 is 2.86 bits per heavy atom. The van der Waals surface area contributed by atoms with Gasteiger partial charge in [0.1, 0.15) is 5.75 Å². The fourth-order valence-corrected chi connectivity index (χ4v) is 2.88. The van der Waals surface area contributed by atoms with Crippen LogP contribution in [0.1, 0.15) is 22.8 Å². The average Bonchev–Trinajstić information content (AvgIpc) is 2.96. The number of hydrogen-bond donors (Lipinski definition) is 2. The van der Waals surface area contributed by atoms with E-state index in [0.717, 1.165) is 34.9 Å². The number of halogens is 1. The Bertz CT molecular complexity index is 616. The van der Waals surface area contributed by atoms with Gasteiger partial charge in [0.05, 0.1) is 12.7 Å². The number of rotatable bonds is 5. The Labute approximate surface area is 129 Å². The third-order valence-electron chi connectivity index (χ3n) is 3.66. The lowest BCUT2D eigenvalue weighted by Gasteiger charge is -2.14. The van der Waals surface area contributed by atoms with E-state index in [1.165, 1.54) is 5.56 Å². The van der Waals surface area contributed by atoms with Crippen molar-refractivity contribution in [3.63, 3.8) is 0 Å². The Morgan fingerprint density at radius 1 is 1.24 bits per heavy atom. The molecule has 3 nitrogen and oxygen atoms in total. The van der Waals surface area contributed by atoms with E-state index in [2.05, 4.69) is 5.32 Å². The van der Waals surface area contributed by atoms with E-state index >= 15 is 0 Å². The number of fused-ring (bicyclic) bond motifs is 1. The fraction of sp³-hybridized carbons (Fsp3) is 0.294. The summed E-state index contributed by atoms with van der Waals surface area (Å²) in [6, 6.07) is 13.5. The highest BCUT2D eigenvalue weighted by Gasteiger charge is 2.17. The van der Waals surface area contributed by atoms with Crippen molar-refractivity contribution < 1.29 is 9.84 Å². The third kappa shape index (κ3) is 3.38. The lowest BCUT2D eigenvalue weighted by atomic mass is 10.1. The predicted molar refractivity (Wildman–Crippen MR) is 83.8 cm³/mol. The molecular formula is C17H18ClNO2. The zero-order valence-corrected chi connectivity index (χ0v) is 12.4. The number of ether oxygens (including phenoxy) is 1. The maximum Gasteiger partial charge on any atom is 0.127 e. The molecule has 0 aliphatic carbocycles. The van der Waals surface area contributed by atoms with Gasteiger partial charge in [-0.25, -0.2) is 0 Å². The van der Waals surface area contributed by atoms with Crippen LogP contribution in [0, 0.1) is 0 Å². The van der Waals surface area contributed by atoms with Gasteiger partial charge in [-0.2, -0.15) is 0 Å². The van der Waals surface area contributed by atoms with Crippen LogP contribution < -0.4 is 10.1 Å². The van der Waals surface area contributed by atoms with E-state index in [1.807, 2.05) is 42.5 Å². The molecule has 0 saturated heterocycles. The second-order valence-corrected chi connectivity index (χ2v) is 5.65. The van der Waals surface area contributed by atoms with Crippen LogP contribution in [-0.2, 0) is 13.0 Å². The van der Waals surface area contributed by atoms with Crippen molar-refractivity contribution in [3.8, 4) is 5.75 Å². The maximum atomic E-state index is 10.1. The summed E-state index contributed by atoms with van der Waals surface area (Å²) in [5.41, 5.74) is 3.13. The van der Waals surface area contributed by atoms with Crippen LogP contribution >= 0.6 is 11.6 Å². The van der Waals surface area contributed by atoms with E-state index in [9.17, 15) is 5.11 Å². The number of aliphatic hydroxyl groups excluding tert-OH is 1. The van der Waals surface area contributed by atoms with Crippen LogP contribution in [0.3, 0.4) is 0 Å². The van der Waals surface area contributed by atoms with Crippen LogP contribution in [0.2, 0.25) is 5.02 Å². The normalized spacial score (nSPS) is 14.6. The Balaban J connectivity index is 1.61. The molecule has 4 heteroatoms. The number of aliphatic hydroxyl groups is 1. The van der Waals surface area contributed by atoms with E-state index in [-0.39, 0.29) is 0 Å². The van der Waals surface area contributed by atoms with Gasteiger partial charge < -0.3 is 15.2 Å². The number of benzene rings is 2. The number of nitrogens with one attached hydrogen (secondary N) is 1. The van der Waals surface area contributed by atoms with Gasteiger partial charge in [0, 0.05) is 30.1 Å². The highest BCUT2D eigenvalue weighted by Crippen LogP contribution is 2.32. The van der Waals surface area contributed by atoms with Gasteiger partial charge in [0.15, 0.2) is 0 Å². The first-order valence-electron chi connectivity index (χ1n) is 7.12. The van der Waals surface area contributed by atoms with Crippen molar-refractivity contribution in [3.05, 3.63) is 64.2 Å². The van der Waals surface area contributed by atoms with Gasteiger partial charge in [-0.05, 0) is 23.3 Å². The van der Waals surface area contributed by atoms with E-state index in [4.69, 9.17) is 16.3 Å². The minimum atomic E-state index is -0.514. The highest BCUT2D eigenvalue weighted by molar-refractivity contribution is 6.30. The molecule has 0 radical (unpaired) electrons. The van der Waals surface area contributed by atoms with Gasteiger partial charge in [-0.3, -0.25) is 0 Å². The molecule has 0 fully saturated rings. The van der Waals surface area contributed by atoms with E-state index < -0.39 is 6.10 Å². The Morgan fingerprint density at radius 2 is 2.05 bits per heavy atom. The first-order valence-corrected chi connectivity index (χ1v) is 7.49. The first-order chi connectivity index (χ1) is 10.2. The topological polar surface area (TPSA) is 41.5 Å². The monoisotopic (exact) mass is 303 g/mol. The summed E-state index contributed by atoms with van der Waals surface area (Å²) in [5, 5.41) is 14.1. The summed E-state index contributed by atoms with van der Waals surface area (Å²) in [6.45, 7) is 1.84. The molecule has 110 valence electrons. The van der Waals surface area contributed by atoms with Crippen LogP contribution in [0.15, 0.2) is 42.5 Å². The van der Waals surface area contributed by atoms with Crippen molar-refractivity contribution in [1.82, 2.24) is 5.32 Å². The molecule has 21 heavy (non-hydrogen) atoms. The van der Waals surface area contributed by atoms with Gasteiger partial charge in [-0.1, -0.05) is 41.9 Å². The molecule has 1 aliphatic rings. The van der Waals surface area contributed by atoms with Gasteiger partial charge in [0.2, 0.25) is 0 Å². The minimum Gasteiger partial charge on any atom is -0.493 e. The Kier molecular flexibility index (Phi) is 4.44. The first kappa shape index (κ1) is 14.4. The molecule has 1 heterocycles. The van der Waals surface area contributed by atoms with E-state index in [0.29, 0.717) is 13.1 Å². The molecule has 2 N–H and O–H groups in total. The van der Waals surface area contributed by atoms with Crippen LogP contribution in [0.4, 0.5) is 0 Å². The Hall–Kier alpha value is -1.55. The molecule has 1 atom stereocenters. The molecular weight excluding hydrogens is 286 g/mol. The molecule has 3 rings (SSSR count). The van der Waals surface area contributed by atoms with Crippen LogP contribution in [-0.4, -0.2) is 18.3 Å². The van der Waals surface area contributed by atoms with Crippen molar-refractivity contribution in [1.29, 1.82) is 0 Å². The summed E-state index contributed by atoms with van der Waals surface area (Å²) < 4.78 is 5.67. The summed E-state index contributed by atoms with van der Waals surface area (Å²) in [7, 11) is 0. The van der Waals surface area contributed by atoms with Crippen molar-refractivity contribution >= 4 is 11.6 Å². The van der Waals surface area contributed by atoms with Gasteiger partial charge in [0.25, 0.3) is 0 Å². The highest BCUT2D eigenvalue weighted by atomic mass is 35.5. The molecule has 1 aliphatic heterocycles. The quantitative estimate of drug-likeness (QED) is 0.892. The lowest BCUT2D eigenvalue weighted by Crippen LogP contribution is -2.21. The van der Waals surface area contributed by atoms with Crippen molar-refractivity contribution in [2.24, 2.45) is 0 Å². The van der Waals surface area contributed by atoms with Crippen molar-refractivity contribution in [2.45, 2.75) is 19.1 Å². The van der Waals surface area contributed by atoms with Crippen LogP contribution in [0.25, 0.3) is 0 Å². The van der Waals surface area contributed by atoms with Crippen molar-refractivity contribution in [2.75, 3.05) is 13.2 Å². The summed E-state index contributed by atoms with van der Waals surface area (Å²) in [5.74, 6) is 0.945. The molecule has 0 bridgehead atoms. The average molecular weight is 304 g/mol. The lowest BCUT2D eigenvalue weighted by molar-refractivity contribution is 0.174. The van der Waals surface area contributed by atoms with Gasteiger partial charge >= 0.3 is 0 Å². The largest absolute Gasteiger partial charge is 0.493 e. The second kappa shape index (κ2) is 6.48. The number of hydrogen-bond acceptors (Lipinski definition) is 3. The smallest absolute Gasteiger partial charge is 0.127 e. The molecule has 0 spiro atoms. The molecule has 0 saturated carbocycles. The predicted octanol–water partition coefficient (Wildman–Crippen LogP) is 3.10. The molecule has 0 amide bonds. The molecule has 0 aromatic heterocycles. The SMILES string of the molecule is OC(CNCc1cc(Cl)cc2c1OCC2)c1ccccc1. The zero-order valence-electron chi connectivity index (χ0n) is 11.7.